The number of aliphatic hydroxyl groups is 2. The molecule has 0 aromatic heterocycles. The molecule has 0 bridgehead atoms. The first-order valence-electron chi connectivity index (χ1n) is 24.0. The van der Waals surface area contributed by atoms with Crippen molar-refractivity contribution in [1.82, 2.24) is 0 Å². The van der Waals surface area contributed by atoms with Crippen LogP contribution in [-0.4, -0.2) is 22.4 Å². The maximum absolute atomic E-state index is 10.6. The van der Waals surface area contributed by atoms with Crippen LogP contribution in [0.4, 0.5) is 0 Å². The van der Waals surface area contributed by atoms with E-state index >= 15 is 0 Å². The molecule has 0 fully saturated rings. The van der Waals surface area contributed by atoms with Crippen molar-refractivity contribution in [2.45, 2.75) is 232 Å². The van der Waals surface area contributed by atoms with Crippen molar-refractivity contribution in [2.75, 3.05) is 0 Å². The quantitative estimate of drug-likeness (QED) is 0.0520. The highest BCUT2D eigenvalue weighted by Gasteiger charge is 2.14. The number of ether oxygens (including phenoxy) is 3. The van der Waals surface area contributed by atoms with Crippen LogP contribution in [0.15, 0.2) is 84.7 Å². The topological polar surface area (TPSA) is 68.2 Å². The fourth-order valence-electron chi connectivity index (χ4n) is 7.61. The van der Waals surface area contributed by atoms with Crippen molar-refractivity contribution in [1.29, 1.82) is 0 Å². The smallest absolute Gasteiger partial charge is 0.128 e. The molecule has 2 atom stereocenters. The molecule has 0 saturated carbocycles. The van der Waals surface area contributed by atoms with Gasteiger partial charge in [-0.3, -0.25) is 0 Å². The molecular weight excluding hydrogens is 705 g/mol. The van der Waals surface area contributed by atoms with E-state index in [-0.39, 0.29) is 23.7 Å². The molecule has 0 saturated heterocycles. The molecule has 57 heavy (non-hydrogen) atoms. The average Bonchev–Trinajstić information content (AvgIpc) is 3.23. The molecule has 2 aromatic carbocycles. The van der Waals surface area contributed by atoms with Gasteiger partial charge in [-0.15, -0.1) is 0 Å². The lowest BCUT2D eigenvalue weighted by molar-refractivity contribution is 0.168. The van der Waals surface area contributed by atoms with Gasteiger partial charge in [0.05, 0.1) is 12.2 Å². The molecule has 0 heterocycles. The maximum atomic E-state index is 10.6. The third-order valence-corrected chi connectivity index (χ3v) is 11.2. The van der Waals surface area contributed by atoms with E-state index < -0.39 is 0 Å². The Hall–Kier alpha value is -3.08. The lowest BCUT2D eigenvalue weighted by Gasteiger charge is -2.19. The molecule has 0 spiro atoms. The molecule has 2 rings (SSSR count). The van der Waals surface area contributed by atoms with Crippen LogP contribution in [0, 0.1) is 0 Å². The van der Waals surface area contributed by atoms with Gasteiger partial charge in [0.1, 0.15) is 35.5 Å². The first kappa shape index (κ1) is 50.1. The lowest BCUT2D eigenvalue weighted by atomic mass is 10.0. The first-order chi connectivity index (χ1) is 28.1. The predicted octanol–water partition coefficient (Wildman–Crippen LogP) is 17.2. The van der Waals surface area contributed by atoms with Crippen LogP contribution in [0.2, 0.25) is 0 Å². The second-order valence-corrected chi connectivity index (χ2v) is 16.6. The summed E-state index contributed by atoms with van der Waals surface area (Å²) < 4.78 is 18.2. The summed E-state index contributed by atoms with van der Waals surface area (Å²) in [7, 11) is 0. The molecule has 5 heteroatoms. The average molecular weight is 791 g/mol. The number of rotatable bonds is 40. The van der Waals surface area contributed by atoms with Crippen LogP contribution < -0.4 is 9.47 Å². The van der Waals surface area contributed by atoms with Gasteiger partial charge in [0.25, 0.3) is 0 Å². The lowest BCUT2D eigenvalue weighted by Crippen LogP contribution is -2.17. The van der Waals surface area contributed by atoms with Crippen molar-refractivity contribution in [2.24, 2.45) is 0 Å². The van der Waals surface area contributed by atoms with Crippen LogP contribution in [-0.2, 0) is 4.74 Å². The molecule has 0 aliphatic heterocycles. The monoisotopic (exact) mass is 791 g/mol. The molecule has 2 aromatic rings. The zero-order valence-corrected chi connectivity index (χ0v) is 36.8. The predicted molar refractivity (Wildman–Crippen MR) is 243 cm³/mol. The van der Waals surface area contributed by atoms with Crippen LogP contribution in [0.25, 0.3) is 0 Å². The summed E-state index contributed by atoms with van der Waals surface area (Å²) in [5.41, 5.74) is 0. The minimum Gasteiger partial charge on any atom is -0.509 e. The van der Waals surface area contributed by atoms with Crippen molar-refractivity contribution in [3.8, 4) is 11.5 Å². The summed E-state index contributed by atoms with van der Waals surface area (Å²) in [6, 6.07) is 20.0. The SMILES string of the molecule is CCCCCCCCCCCCCCCC(CCC(O)=COC=C(O)CCC(CCCCCCCCCCCCCCC)Oc1ccccc1)Oc1ccccc1. The number of unbranched alkanes of at least 4 members (excludes halogenated alkanes) is 24. The summed E-state index contributed by atoms with van der Waals surface area (Å²) in [4.78, 5) is 0. The Morgan fingerprint density at radius 3 is 0.982 bits per heavy atom. The Labute approximate surface area is 351 Å². The molecule has 2 unspecified atom stereocenters. The Morgan fingerprint density at radius 2 is 0.684 bits per heavy atom. The summed E-state index contributed by atoms with van der Waals surface area (Å²) in [5.74, 6) is 2.04. The standard InChI is InChI=1S/C52H86O5/c1-3-5-7-9-11-13-15-17-19-21-23-25-29-39-51(56-49-35-31-27-32-36-49)43-41-47(53)45-55-46-48(54)42-44-52(57-50-37-33-28-34-38-50)40-30-26-24-22-20-18-16-14-12-10-8-6-4-2/h27-28,31-38,45-46,51-54H,3-26,29-30,39-44H2,1-2H3. The van der Waals surface area contributed by atoms with Gasteiger partial charge in [0.15, 0.2) is 0 Å². The number of para-hydroxylation sites is 2. The largest absolute Gasteiger partial charge is 0.509 e. The van der Waals surface area contributed by atoms with Gasteiger partial charge < -0.3 is 24.4 Å². The minimum atomic E-state index is 0.0241. The van der Waals surface area contributed by atoms with Gasteiger partial charge in [-0.2, -0.15) is 0 Å². The Morgan fingerprint density at radius 1 is 0.404 bits per heavy atom. The minimum absolute atomic E-state index is 0.0241. The van der Waals surface area contributed by atoms with Crippen molar-refractivity contribution in [3.05, 3.63) is 84.7 Å². The van der Waals surface area contributed by atoms with E-state index in [9.17, 15) is 10.2 Å². The van der Waals surface area contributed by atoms with E-state index in [0.717, 1.165) is 37.2 Å². The van der Waals surface area contributed by atoms with Crippen LogP contribution in [0.1, 0.15) is 219 Å². The summed E-state index contributed by atoms with van der Waals surface area (Å²) in [5, 5.41) is 21.3. The highest BCUT2D eigenvalue weighted by molar-refractivity contribution is 5.22. The first-order valence-corrected chi connectivity index (χ1v) is 24.0. The number of hydrogen-bond acceptors (Lipinski definition) is 5. The summed E-state index contributed by atoms with van der Waals surface area (Å²) in [6.07, 6.45) is 41.8. The fraction of sp³-hybridized carbons (Fsp3) is 0.692. The van der Waals surface area contributed by atoms with Gasteiger partial charge in [0.2, 0.25) is 0 Å². The van der Waals surface area contributed by atoms with Crippen molar-refractivity contribution < 1.29 is 24.4 Å². The fourth-order valence-corrected chi connectivity index (χ4v) is 7.61. The molecule has 2 N–H and O–H groups in total. The zero-order valence-electron chi connectivity index (χ0n) is 36.8. The number of allylic oxidation sites excluding steroid dienone is 2. The molecule has 324 valence electrons. The molecule has 5 nitrogen and oxygen atoms in total. The number of aliphatic hydroxyl groups excluding tert-OH is 2. The number of benzene rings is 2. The normalized spacial score (nSPS) is 13.1. The van der Waals surface area contributed by atoms with Gasteiger partial charge in [0, 0.05) is 12.8 Å². The van der Waals surface area contributed by atoms with E-state index in [1.165, 1.54) is 167 Å². The van der Waals surface area contributed by atoms with E-state index in [4.69, 9.17) is 14.2 Å². The van der Waals surface area contributed by atoms with Gasteiger partial charge >= 0.3 is 0 Å². The van der Waals surface area contributed by atoms with Crippen LogP contribution >= 0.6 is 0 Å². The van der Waals surface area contributed by atoms with E-state index in [1.807, 2.05) is 60.7 Å². The van der Waals surface area contributed by atoms with Crippen LogP contribution in [0.5, 0.6) is 11.5 Å². The van der Waals surface area contributed by atoms with E-state index in [1.54, 1.807) is 0 Å². The second kappa shape index (κ2) is 37.2. The van der Waals surface area contributed by atoms with E-state index in [2.05, 4.69) is 13.8 Å². The van der Waals surface area contributed by atoms with Gasteiger partial charge in [-0.1, -0.05) is 204 Å². The third-order valence-electron chi connectivity index (χ3n) is 11.2. The molecule has 0 aliphatic carbocycles. The zero-order chi connectivity index (χ0) is 40.7. The van der Waals surface area contributed by atoms with Crippen molar-refractivity contribution in [3.63, 3.8) is 0 Å². The highest BCUT2D eigenvalue weighted by atomic mass is 16.5. The maximum Gasteiger partial charge on any atom is 0.128 e. The molecular formula is C52H86O5. The van der Waals surface area contributed by atoms with Gasteiger partial charge in [-0.25, -0.2) is 0 Å². The van der Waals surface area contributed by atoms with Gasteiger partial charge in [-0.05, 0) is 62.8 Å². The second-order valence-electron chi connectivity index (χ2n) is 16.6. The Kier molecular flexibility index (Phi) is 32.7. The molecule has 0 radical (unpaired) electrons. The molecule has 0 aliphatic rings. The van der Waals surface area contributed by atoms with E-state index in [0.29, 0.717) is 25.7 Å². The third kappa shape index (κ3) is 30.6. The number of hydrogen-bond donors (Lipinski definition) is 2. The Balaban J connectivity index is 1.68. The molecule has 0 amide bonds. The Bertz CT molecular complexity index is 1100. The van der Waals surface area contributed by atoms with Crippen molar-refractivity contribution >= 4 is 0 Å². The van der Waals surface area contributed by atoms with Crippen LogP contribution in [0.3, 0.4) is 0 Å². The summed E-state index contributed by atoms with van der Waals surface area (Å²) in [6.45, 7) is 4.56. The highest BCUT2D eigenvalue weighted by Crippen LogP contribution is 2.23. The summed E-state index contributed by atoms with van der Waals surface area (Å²) >= 11 is 0.